The number of hydrogen-bond acceptors (Lipinski definition) is 5. The van der Waals surface area contributed by atoms with Crippen LogP contribution in [0.1, 0.15) is 97.9 Å². The number of H-pyrrole nitrogens is 1. The topological polar surface area (TPSA) is 76.2 Å². The highest BCUT2D eigenvalue weighted by Gasteiger charge is 2.87. The van der Waals surface area contributed by atoms with E-state index in [4.69, 9.17) is 18.9 Å². The van der Waals surface area contributed by atoms with Gasteiger partial charge in [-0.1, -0.05) is 43.2 Å². The van der Waals surface area contributed by atoms with Crippen LogP contribution in [0.15, 0.2) is 41.5 Å². The van der Waals surface area contributed by atoms with Crippen molar-refractivity contribution in [1.82, 2.24) is 4.98 Å². The van der Waals surface area contributed by atoms with Crippen LogP contribution in [0.5, 0.6) is 0 Å². The molecule has 3 aliphatic carbocycles. The van der Waals surface area contributed by atoms with Crippen LogP contribution < -0.4 is 0 Å². The molecule has 2 N–H and O–H groups in total. The maximum atomic E-state index is 13.3. The predicted molar refractivity (Wildman–Crippen MR) is 167 cm³/mol. The molecule has 1 aromatic carbocycles. The van der Waals surface area contributed by atoms with Crippen LogP contribution in [0, 0.1) is 11.3 Å². The minimum absolute atomic E-state index is 0.178. The summed E-state index contributed by atoms with van der Waals surface area (Å²) in [6.45, 7) is 17.5. The van der Waals surface area contributed by atoms with E-state index in [9.17, 15) is 5.11 Å². The highest BCUT2D eigenvalue weighted by molar-refractivity contribution is 5.89. The number of aromatic amines is 1. The van der Waals surface area contributed by atoms with Gasteiger partial charge >= 0.3 is 0 Å². The Hall–Kier alpha value is -1.96. The van der Waals surface area contributed by atoms with Crippen LogP contribution >= 0.6 is 0 Å². The molecule has 6 aliphatic rings. The largest absolute Gasteiger partial charge is 0.386 e. The summed E-state index contributed by atoms with van der Waals surface area (Å²) in [4.78, 5) is 3.95. The van der Waals surface area contributed by atoms with E-state index >= 15 is 0 Å². The molecule has 6 heteroatoms. The van der Waals surface area contributed by atoms with Crippen molar-refractivity contribution in [1.29, 1.82) is 0 Å². The first-order valence-corrected chi connectivity index (χ1v) is 16.6. The Bertz CT molecular complexity index is 1560. The molecule has 232 valence electrons. The van der Waals surface area contributed by atoms with Gasteiger partial charge in [-0.25, -0.2) is 0 Å². The molecule has 10 unspecified atom stereocenters. The Morgan fingerprint density at radius 1 is 0.977 bits per heavy atom. The predicted octanol–water partition coefficient (Wildman–Crippen LogP) is 6.82. The van der Waals surface area contributed by atoms with Crippen LogP contribution in [0.2, 0.25) is 0 Å². The van der Waals surface area contributed by atoms with Gasteiger partial charge in [-0.05, 0) is 109 Å². The van der Waals surface area contributed by atoms with E-state index in [0.29, 0.717) is 5.92 Å². The van der Waals surface area contributed by atoms with Gasteiger partial charge in [-0.15, -0.1) is 0 Å². The number of nitrogens with one attached hydrogen (secondary N) is 1. The average molecular weight is 588 g/mol. The molecule has 6 nitrogen and oxygen atoms in total. The fourth-order valence-electron chi connectivity index (χ4n) is 10.6. The van der Waals surface area contributed by atoms with E-state index in [0.717, 1.165) is 44.1 Å². The number of hydrogen-bond donors (Lipinski definition) is 2. The highest BCUT2D eigenvalue weighted by atomic mass is 16.8. The van der Waals surface area contributed by atoms with Gasteiger partial charge in [0.2, 0.25) is 0 Å². The lowest BCUT2D eigenvalue weighted by molar-refractivity contribution is -0.343. The summed E-state index contributed by atoms with van der Waals surface area (Å²) in [5, 5.41) is 14.7. The quantitative estimate of drug-likeness (QED) is 0.304. The lowest BCUT2D eigenvalue weighted by Crippen LogP contribution is -2.77. The number of benzene rings is 1. The number of fused-ring (bicyclic) bond motifs is 9. The van der Waals surface area contributed by atoms with E-state index < -0.39 is 28.5 Å². The first-order valence-electron chi connectivity index (χ1n) is 16.6. The smallest absolute Gasteiger partial charge is 0.178 e. The summed E-state index contributed by atoms with van der Waals surface area (Å²) in [6.07, 6.45) is 8.43. The summed E-state index contributed by atoms with van der Waals surface area (Å²) in [7, 11) is 0. The number of epoxide rings is 1. The van der Waals surface area contributed by atoms with Crippen molar-refractivity contribution < 1.29 is 24.1 Å². The molecule has 2 saturated carbocycles. The standard InChI is InChI=1S/C37H49NO5/c1-20(2)12-13-22-10-9-11-25-28(22)24-19-23-14-17-36(39)34(7,35(23,8)30(24)38-25)16-15-26-37(36)32(43-37)29-31(40-26)33(5,6)42-27(41-29)18-21(3)4/h9-12,18,23,26-27,29,31-32,38-39H,13-17,19H2,1-8H3. The van der Waals surface area contributed by atoms with E-state index in [-0.39, 0.29) is 29.8 Å². The Morgan fingerprint density at radius 3 is 2.51 bits per heavy atom. The highest BCUT2D eigenvalue weighted by Crippen LogP contribution is 2.75. The maximum Gasteiger partial charge on any atom is 0.178 e. The SMILES string of the molecule is CC(C)=CCc1cccc2[nH]c3c(c12)CC1CCC2(O)C45OC4C4OC(C=C(C)C)OC(C)(C)C4OC5CCC2(C)C31C. The van der Waals surface area contributed by atoms with Gasteiger partial charge in [0.15, 0.2) is 11.9 Å². The van der Waals surface area contributed by atoms with Gasteiger partial charge < -0.3 is 29.0 Å². The number of aromatic nitrogens is 1. The van der Waals surface area contributed by atoms with Crippen LogP contribution in [0.25, 0.3) is 10.9 Å². The zero-order valence-electron chi connectivity index (χ0n) is 27.2. The van der Waals surface area contributed by atoms with Crippen molar-refractivity contribution in [3.8, 4) is 0 Å². The van der Waals surface area contributed by atoms with Gasteiger partial charge in [0.1, 0.15) is 23.9 Å². The molecule has 4 heterocycles. The molecule has 10 atom stereocenters. The first kappa shape index (κ1) is 28.5. The van der Waals surface area contributed by atoms with Crippen molar-refractivity contribution in [3.63, 3.8) is 0 Å². The second kappa shape index (κ2) is 8.85. The minimum Gasteiger partial charge on any atom is -0.386 e. The van der Waals surface area contributed by atoms with Crippen molar-refractivity contribution in [2.45, 2.75) is 147 Å². The van der Waals surface area contributed by atoms with Crippen molar-refractivity contribution in [2.75, 3.05) is 0 Å². The minimum atomic E-state index is -1.04. The first-order chi connectivity index (χ1) is 20.3. The maximum absolute atomic E-state index is 13.3. The fourth-order valence-corrected chi connectivity index (χ4v) is 10.6. The normalized spacial score (nSPS) is 45.1. The molecule has 0 amide bonds. The number of allylic oxidation sites excluding steroid dienone is 3. The zero-order valence-corrected chi connectivity index (χ0v) is 27.2. The van der Waals surface area contributed by atoms with Gasteiger partial charge in [-0.3, -0.25) is 0 Å². The van der Waals surface area contributed by atoms with Crippen molar-refractivity contribution >= 4 is 10.9 Å². The third kappa shape index (κ3) is 3.43. The van der Waals surface area contributed by atoms with Gasteiger partial charge in [-0.2, -0.15) is 0 Å². The summed E-state index contributed by atoms with van der Waals surface area (Å²) < 4.78 is 26.7. The summed E-state index contributed by atoms with van der Waals surface area (Å²) in [5.74, 6) is 0.475. The van der Waals surface area contributed by atoms with Crippen LogP contribution in [-0.2, 0) is 37.2 Å². The molecule has 3 saturated heterocycles. The molecule has 8 rings (SSSR count). The third-order valence-corrected chi connectivity index (χ3v) is 12.9. The lowest BCUT2D eigenvalue weighted by atomic mass is 9.40. The van der Waals surface area contributed by atoms with Gasteiger partial charge in [0.05, 0.1) is 11.7 Å². The van der Waals surface area contributed by atoms with E-state index in [1.54, 1.807) is 0 Å². The second-order valence-corrected chi connectivity index (χ2v) is 16.0. The molecule has 1 spiro atoms. The summed E-state index contributed by atoms with van der Waals surface area (Å²) in [5.41, 5.74) is 4.99. The number of rotatable bonds is 3. The van der Waals surface area contributed by atoms with Crippen LogP contribution in [0.4, 0.5) is 0 Å². The van der Waals surface area contributed by atoms with E-state index in [1.165, 1.54) is 33.3 Å². The van der Waals surface area contributed by atoms with E-state index in [1.807, 2.05) is 6.08 Å². The lowest BCUT2D eigenvalue weighted by Gasteiger charge is -2.66. The molecule has 2 aromatic rings. The molecule has 1 aromatic heterocycles. The van der Waals surface area contributed by atoms with Gasteiger partial charge in [0.25, 0.3) is 0 Å². The van der Waals surface area contributed by atoms with Gasteiger partial charge in [0, 0.05) is 27.4 Å². The molecule has 3 aliphatic heterocycles. The second-order valence-electron chi connectivity index (χ2n) is 16.0. The van der Waals surface area contributed by atoms with Crippen molar-refractivity contribution in [2.24, 2.45) is 11.3 Å². The van der Waals surface area contributed by atoms with E-state index in [2.05, 4.69) is 84.6 Å². The Balaban J connectivity index is 1.21. The Kier molecular flexibility index (Phi) is 5.87. The molecule has 0 bridgehead atoms. The molecule has 43 heavy (non-hydrogen) atoms. The molecular weight excluding hydrogens is 538 g/mol. The molecule has 0 radical (unpaired) electrons. The Morgan fingerprint density at radius 2 is 1.77 bits per heavy atom. The zero-order chi connectivity index (χ0) is 30.3. The number of ether oxygens (including phenoxy) is 4. The van der Waals surface area contributed by atoms with Crippen molar-refractivity contribution in [3.05, 3.63) is 58.3 Å². The fraction of sp³-hybridized carbons (Fsp3) is 0.676. The average Bonchev–Trinajstić information content (AvgIpc) is 3.50. The third-order valence-electron chi connectivity index (χ3n) is 12.9. The van der Waals surface area contributed by atoms with Crippen LogP contribution in [-0.4, -0.2) is 57.6 Å². The van der Waals surface area contributed by atoms with Crippen LogP contribution in [0.3, 0.4) is 0 Å². The molecule has 5 fully saturated rings. The Labute approximate surface area is 256 Å². The monoisotopic (exact) mass is 587 g/mol. The summed E-state index contributed by atoms with van der Waals surface area (Å²) >= 11 is 0. The summed E-state index contributed by atoms with van der Waals surface area (Å²) in [6, 6.07) is 6.70. The number of aliphatic hydroxyl groups is 1. The molecular formula is C37H49NO5.